The molecule has 0 spiro atoms. The van der Waals surface area contributed by atoms with Gasteiger partial charge in [-0.1, -0.05) is 12.1 Å². The Labute approximate surface area is 155 Å². The first-order valence-corrected chi connectivity index (χ1v) is 9.84. The molecule has 1 atom stereocenters. The molecule has 2 aromatic carbocycles. The van der Waals surface area contributed by atoms with Crippen molar-refractivity contribution in [2.24, 2.45) is 5.73 Å². The lowest BCUT2D eigenvalue weighted by Crippen LogP contribution is -2.21. The zero-order chi connectivity index (χ0) is 19.2. The van der Waals surface area contributed by atoms with Gasteiger partial charge in [0.05, 0.1) is 12.2 Å². The Balaban J connectivity index is 1.87. The largest absolute Gasteiger partial charge is 0.454 e. The summed E-state index contributed by atoms with van der Waals surface area (Å²) in [5, 5.41) is 9.63. The van der Waals surface area contributed by atoms with E-state index in [1.54, 1.807) is 36.4 Å². The van der Waals surface area contributed by atoms with Crippen LogP contribution >= 0.6 is 0 Å². The molecule has 0 saturated carbocycles. The highest BCUT2D eigenvalue weighted by atomic mass is 32.2. The Morgan fingerprint density at radius 3 is 2.63 bits per heavy atom. The van der Waals surface area contributed by atoms with Crippen LogP contribution < -0.4 is 24.7 Å². The van der Waals surface area contributed by atoms with Gasteiger partial charge in [0.25, 0.3) is 0 Å². The first-order valence-electron chi connectivity index (χ1n) is 7.94. The summed E-state index contributed by atoms with van der Waals surface area (Å²) in [6, 6.07) is 12.3. The molecule has 0 fully saturated rings. The van der Waals surface area contributed by atoms with Crippen LogP contribution in [0.25, 0.3) is 0 Å². The summed E-state index contributed by atoms with van der Waals surface area (Å²) in [5.41, 5.74) is 7.96. The number of nitrogens with one attached hydrogen (secondary N) is 1. The van der Waals surface area contributed by atoms with Crippen LogP contribution in [0.15, 0.2) is 47.9 Å². The van der Waals surface area contributed by atoms with E-state index >= 15 is 0 Å². The number of hydrogen-bond acceptors (Lipinski definition) is 7. The van der Waals surface area contributed by atoms with Gasteiger partial charge in [0.1, 0.15) is 17.4 Å². The Bertz CT molecular complexity index is 1120. The van der Waals surface area contributed by atoms with Crippen molar-refractivity contribution in [1.29, 1.82) is 5.26 Å². The Morgan fingerprint density at radius 2 is 1.93 bits per heavy atom. The predicted octanol–water partition coefficient (Wildman–Crippen LogP) is 2.00. The monoisotopic (exact) mass is 385 g/mol. The van der Waals surface area contributed by atoms with Crippen LogP contribution in [0.4, 0.5) is 5.69 Å². The molecule has 0 aliphatic carbocycles. The summed E-state index contributed by atoms with van der Waals surface area (Å²) < 4.78 is 41.9. The summed E-state index contributed by atoms with van der Waals surface area (Å²) in [6.45, 7) is 0.102. The molecule has 2 aromatic rings. The maximum atomic E-state index is 11.5. The number of sulfonamides is 1. The molecule has 0 amide bonds. The lowest BCUT2D eigenvalue weighted by atomic mass is 9.83. The second-order valence-corrected chi connectivity index (χ2v) is 7.92. The molecule has 27 heavy (non-hydrogen) atoms. The molecule has 138 valence electrons. The highest BCUT2D eigenvalue weighted by Gasteiger charge is 2.33. The van der Waals surface area contributed by atoms with Gasteiger partial charge in [0.2, 0.25) is 22.7 Å². The van der Waals surface area contributed by atoms with Crippen molar-refractivity contribution in [1.82, 2.24) is 0 Å². The van der Waals surface area contributed by atoms with Crippen LogP contribution in [0, 0.1) is 11.3 Å². The second-order valence-electron chi connectivity index (χ2n) is 6.17. The average Bonchev–Trinajstić information content (AvgIpc) is 3.04. The van der Waals surface area contributed by atoms with Gasteiger partial charge >= 0.3 is 0 Å². The molecular weight excluding hydrogens is 370 g/mol. The van der Waals surface area contributed by atoms with Gasteiger partial charge in [0, 0.05) is 17.3 Å². The summed E-state index contributed by atoms with van der Waals surface area (Å²) in [4.78, 5) is 0. The van der Waals surface area contributed by atoms with Gasteiger partial charge in [-0.3, -0.25) is 4.72 Å². The van der Waals surface area contributed by atoms with Gasteiger partial charge in [-0.25, -0.2) is 8.42 Å². The van der Waals surface area contributed by atoms with Crippen LogP contribution in [0.2, 0.25) is 0 Å². The van der Waals surface area contributed by atoms with Crippen molar-refractivity contribution in [2.75, 3.05) is 17.8 Å². The summed E-state index contributed by atoms with van der Waals surface area (Å²) >= 11 is 0. The van der Waals surface area contributed by atoms with Crippen molar-refractivity contribution >= 4 is 15.7 Å². The summed E-state index contributed by atoms with van der Waals surface area (Å²) in [6.07, 6.45) is 1.07. The van der Waals surface area contributed by atoms with E-state index in [-0.39, 0.29) is 18.2 Å². The fourth-order valence-corrected chi connectivity index (χ4v) is 3.74. The fraction of sp³-hybridized carbons (Fsp3) is 0.167. The van der Waals surface area contributed by atoms with Crippen LogP contribution in [-0.2, 0) is 10.0 Å². The first kappa shape index (κ1) is 17.1. The van der Waals surface area contributed by atoms with Gasteiger partial charge < -0.3 is 19.9 Å². The number of nitriles is 1. The average molecular weight is 385 g/mol. The Kier molecular flexibility index (Phi) is 3.86. The predicted molar refractivity (Wildman–Crippen MR) is 96.8 cm³/mol. The topological polar surface area (TPSA) is 124 Å². The lowest BCUT2D eigenvalue weighted by Gasteiger charge is -2.27. The van der Waals surface area contributed by atoms with E-state index < -0.39 is 15.9 Å². The molecule has 0 bridgehead atoms. The van der Waals surface area contributed by atoms with Crippen LogP contribution in [0.3, 0.4) is 0 Å². The Morgan fingerprint density at radius 1 is 1.19 bits per heavy atom. The van der Waals surface area contributed by atoms with Crippen molar-refractivity contribution in [3.05, 3.63) is 59.0 Å². The molecule has 2 aliphatic heterocycles. The maximum absolute atomic E-state index is 11.5. The minimum atomic E-state index is -3.44. The van der Waals surface area contributed by atoms with Crippen LogP contribution in [0.1, 0.15) is 17.0 Å². The molecule has 9 heteroatoms. The summed E-state index contributed by atoms with van der Waals surface area (Å²) in [5.74, 6) is 1.01. The van der Waals surface area contributed by atoms with Crippen molar-refractivity contribution < 1.29 is 22.6 Å². The minimum absolute atomic E-state index is 0.00431. The molecule has 0 aromatic heterocycles. The Hall–Kier alpha value is -3.38. The molecule has 4 rings (SSSR count). The van der Waals surface area contributed by atoms with E-state index in [0.29, 0.717) is 34.1 Å². The first-order chi connectivity index (χ1) is 12.9. The zero-order valence-corrected chi connectivity index (χ0v) is 15.0. The number of anilines is 1. The third kappa shape index (κ3) is 3.11. The third-order valence-electron chi connectivity index (χ3n) is 4.23. The van der Waals surface area contributed by atoms with Crippen molar-refractivity contribution in [3.63, 3.8) is 0 Å². The molecule has 0 saturated heterocycles. The second kappa shape index (κ2) is 6.10. The molecule has 2 aliphatic rings. The van der Waals surface area contributed by atoms with Crippen LogP contribution in [-0.4, -0.2) is 21.5 Å². The quantitative estimate of drug-likeness (QED) is 0.828. The SMILES string of the molecule is CS(=O)(=O)Nc1cccc([C@H]2C(C#N)=C(N)Oc3cc4c(cc32)OCO4)c1. The highest BCUT2D eigenvalue weighted by molar-refractivity contribution is 7.92. The maximum Gasteiger partial charge on any atom is 0.231 e. The van der Waals surface area contributed by atoms with Gasteiger partial charge in [-0.2, -0.15) is 5.26 Å². The number of fused-ring (bicyclic) bond motifs is 2. The fourth-order valence-electron chi connectivity index (χ4n) is 3.19. The highest BCUT2D eigenvalue weighted by Crippen LogP contribution is 2.48. The molecular formula is C18H15N3O5S. The van der Waals surface area contributed by atoms with Crippen LogP contribution in [0.5, 0.6) is 17.2 Å². The van der Waals surface area contributed by atoms with Gasteiger partial charge in [0.15, 0.2) is 11.5 Å². The molecule has 0 unspecified atom stereocenters. The molecule has 0 radical (unpaired) electrons. The minimum Gasteiger partial charge on any atom is -0.454 e. The van der Waals surface area contributed by atoms with Crippen molar-refractivity contribution in [2.45, 2.75) is 5.92 Å². The lowest BCUT2D eigenvalue weighted by molar-refractivity contribution is 0.174. The van der Waals surface area contributed by atoms with Gasteiger partial charge in [-0.15, -0.1) is 0 Å². The number of allylic oxidation sites excluding steroid dienone is 1. The number of benzene rings is 2. The van der Waals surface area contributed by atoms with Crippen molar-refractivity contribution in [3.8, 4) is 23.3 Å². The normalized spacial score (nSPS) is 17.7. The van der Waals surface area contributed by atoms with E-state index in [4.69, 9.17) is 19.9 Å². The van der Waals surface area contributed by atoms with E-state index in [2.05, 4.69) is 10.8 Å². The van der Waals surface area contributed by atoms with E-state index in [1.165, 1.54) is 0 Å². The third-order valence-corrected chi connectivity index (χ3v) is 4.84. The van der Waals surface area contributed by atoms with E-state index in [9.17, 15) is 13.7 Å². The number of nitrogens with zero attached hydrogens (tertiary/aromatic N) is 1. The molecule has 8 nitrogen and oxygen atoms in total. The summed E-state index contributed by atoms with van der Waals surface area (Å²) in [7, 11) is -3.44. The van der Waals surface area contributed by atoms with E-state index in [1.807, 2.05) is 0 Å². The smallest absolute Gasteiger partial charge is 0.231 e. The number of rotatable bonds is 3. The molecule has 3 N–H and O–H groups in total. The number of nitrogens with two attached hydrogens (primary N) is 1. The number of ether oxygens (including phenoxy) is 3. The number of hydrogen-bond donors (Lipinski definition) is 2. The van der Waals surface area contributed by atoms with E-state index in [0.717, 1.165) is 6.26 Å². The zero-order valence-electron chi connectivity index (χ0n) is 14.2. The standard InChI is InChI=1S/C18H15N3O5S/c1-27(22,23)21-11-4-2-3-10(5-11)17-12-6-15-16(25-9-24-15)7-14(12)26-18(20)13(17)8-19/h2-7,17,21H,9,20H2,1H3/t17-/m1/s1. The molecule has 2 heterocycles. The van der Waals surface area contributed by atoms with Gasteiger partial charge in [-0.05, 0) is 23.8 Å².